The Morgan fingerprint density at radius 2 is 1.54 bits per heavy atom. The van der Waals surface area contributed by atoms with Gasteiger partial charge in [0.1, 0.15) is 11.8 Å². The average Bonchev–Trinajstić information content (AvgIpc) is 2.81. The number of fused-ring (bicyclic) bond motifs is 3. The smallest absolute Gasteiger partial charge is 0.120 e. The number of alkyl halides is 1. The molecular weight excluding hydrogens is 470 g/mol. The zero-order valence-corrected chi connectivity index (χ0v) is 21.6. The summed E-state index contributed by atoms with van der Waals surface area (Å²) in [6.45, 7) is 2.00. The maximum Gasteiger partial charge on any atom is 0.120 e. The number of halogens is 1. The van der Waals surface area contributed by atoms with Crippen LogP contribution in [0.2, 0.25) is 0 Å². The van der Waals surface area contributed by atoms with Crippen LogP contribution in [0.4, 0.5) is 0 Å². The summed E-state index contributed by atoms with van der Waals surface area (Å²) in [5.74, 6) is -0.835. The van der Waals surface area contributed by atoms with E-state index in [4.69, 9.17) is 17.3 Å². The normalized spacial score (nSPS) is 57.5. The molecule has 5 aliphatic carbocycles. The van der Waals surface area contributed by atoms with Crippen LogP contribution in [-0.2, 0) is 0 Å². The van der Waals surface area contributed by atoms with E-state index in [1.807, 2.05) is 6.92 Å². The van der Waals surface area contributed by atoms with Crippen molar-refractivity contribution < 1.29 is 30.6 Å². The molecule has 0 radical (unpaired) electrons. The number of aliphatic hydroxyl groups excluding tert-OH is 5. The van der Waals surface area contributed by atoms with Gasteiger partial charge in [-0.2, -0.15) is 0 Å². The zero-order chi connectivity index (χ0) is 25.2. The van der Waals surface area contributed by atoms with E-state index in [1.165, 1.54) is 0 Å². The summed E-state index contributed by atoms with van der Waals surface area (Å²) in [7, 11) is 0. The largest absolute Gasteiger partial charge is 0.393 e. The Kier molecular flexibility index (Phi) is 7.57. The van der Waals surface area contributed by atoms with E-state index >= 15 is 0 Å². The van der Waals surface area contributed by atoms with Gasteiger partial charge in [0.15, 0.2) is 0 Å². The second-order valence-corrected chi connectivity index (χ2v) is 13.4. The Morgan fingerprint density at radius 1 is 0.857 bits per heavy atom. The van der Waals surface area contributed by atoms with Gasteiger partial charge in [0.2, 0.25) is 0 Å². The third-order valence-electron chi connectivity index (χ3n) is 11.5. The Morgan fingerprint density at radius 3 is 2.17 bits per heavy atom. The van der Waals surface area contributed by atoms with Crippen LogP contribution in [0.25, 0.3) is 0 Å². The van der Waals surface area contributed by atoms with Crippen LogP contribution in [-0.4, -0.2) is 72.3 Å². The molecule has 0 bridgehead atoms. The van der Waals surface area contributed by atoms with Gasteiger partial charge < -0.3 is 36.4 Å². The van der Waals surface area contributed by atoms with Gasteiger partial charge in [-0.1, -0.05) is 13.3 Å². The van der Waals surface area contributed by atoms with Crippen LogP contribution < -0.4 is 5.73 Å². The van der Waals surface area contributed by atoms with Crippen molar-refractivity contribution in [1.82, 2.24) is 0 Å². The fourth-order valence-corrected chi connectivity index (χ4v) is 10.0. The lowest BCUT2D eigenvalue weighted by Gasteiger charge is -2.63. The van der Waals surface area contributed by atoms with Gasteiger partial charge >= 0.3 is 0 Å². The second-order valence-electron chi connectivity index (χ2n) is 12.8. The molecule has 0 saturated heterocycles. The Hall–Kier alpha value is 0.01000. The SMILES string of the molecule is CCC1CC2CC3CC4C(C5CCC(Cl)CC5)CCC(O)C4C(O)C3C(O)C2(O)C(O)C1C(N)O. The van der Waals surface area contributed by atoms with Gasteiger partial charge in [-0.3, -0.25) is 0 Å². The van der Waals surface area contributed by atoms with Crippen LogP contribution in [0.1, 0.15) is 71.1 Å². The van der Waals surface area contributed by atoms with Gasteiger partial charge in [-0.25, -0.2) is 0 Å². The molecular formula is C27H46ClNO6. The molecule has 5 aliphatic rings. The van der Waals surface area contributed by atoms with E-state index in [-0.39, 0.29) is 35.0 Å². The van der Waals surface area contributed by atoms with Crippen molar-refractivity contribution in [3.63, 3.8) is 0 Å². The summed E-state index contributed by atoms with van der Waals surface area (Å²) in [5, 5.41) is 67.8. The first-order valence-corrected chi connectivity index (χ1v) is 14.5. The van der Waals surface area contributed by atoms with Crippen LogP contribution in [0.3, 0.4) is 0 Å². The summed E-state index contributed by atoms with van der Waals surface area (Å²) < 4.78 is 0. The Balaban J connectivity index is 1.43. The molecule has 5 fully saturated rings. The molecule has 7 nitrogen and oxygen atoms in total. The van der Waals surface area contributed by atoms with Crippen LogP contribution in [0.5, 0.6) is 0 Å². The standard InChI is InChI=1S/C27H46ClNO6/c1-2-12-9-15-10-14-11-18-17(13-3-5-16(28)6-4-13)7-8-19(30)22(18)23(31)20(14)24(32)27(15,35)25(33)21(12)26(29)34/h12-26,30-35H,2-11,29H2,1H3. The van der Waals surface area contributed by atoms with Gasteiger partial charge in [0.25, 0.3) is 0 Å². The fourth-order valence-electron chi connectivity index (χ4n) is 9.78. The maximum absolute atomic E-state index is 11.8. The lowest BCUT2D eigenvalue weighted by Crippen LogP contribution is -2.73. The monoisotopic (exact) mass is 515 g/mol. The highest BCUT2D eigenvalue weighted by Crippen LogP contribution is 2.60. The number of nitrogens with two attached hydrogens (primary N) is 1. The lowest BCUT2D eigenvalue weighted by molar-refractivity contribution is -0.291. The minimum atomic E-state index is -1.83. The van der Waals surface area contributed by atoms with E-state index in [1.54, 1.807) is 0 Å². The molecule has 0 heterocycles. The van der Waals surface area contributed by atoms with Gasteiger partial charge in [-0.15, -0.1) is 11.6 Å². The highest BCUT2D eigenvalue weighted by Gasteiger charge is 2.66. The molecule has 0 amide bonds. The number of hydrogen-bond donors (Lipinski definition) is 7. The fraction of sp³-hybridized carbons (Fsp3) is 1.00. The second kappa shape index (κ2) is 9.96. The van der Waals surface area contributed by atoms with Gasteiger partial charge in [0, 0.05) is 23.1 Å². The first-order valence-electron chi connectivity index (χ1n) is 14.1. The summed E-state index contributed by atoms with van der Waals surface area (Å²) in [6, 6.07) is 0. The van der Waals surface area contributed by atoms with Crippen molar-refractivity contribution in [3.05, 3.63) is 0 Å². The molecule has 5 rings (SSSR count). The highest BCUT2D eigenvalue weighted by atomic mass is 35.5. The summed E-state index contributed by atoms with van der Waals surface area (Å²) >= 11 is 6.38. The van der Waals surface area contributed by atoms with E-state index in [0.717, 1.165) is 44.9 Å². The van der Waals surface area contributed by atoms with Crippen LogP contribution in [0, 0.1) is 53.3 Å². The first-order chi connectivity index (χ1) is 16.6. The molecule has 0 aliphatic heterocycles. The molecule has 0 aromatic heterocycles. The topological polar surface area (TPSA) is 147 Å². The number of rotatable bonds is 3. The van der Waals surface area contributed by atoms with Crippen molar-refractivity contribution in [2.45, 2.75) is 113 Å². The highest BCUT2D eigenvalue weighted by molar-refractivity contribution is 6.20. The average molecular weight is 516 g/mol. The lowest BCUT2D eigenvalue weighted by atomic mass is 9.46. The van der Waals surface area contributed by atoms with Gasteiger partial charge in [-0.05, 0) is 93.3 Å². The van der Waals surface area contributed by atoms with Gasteiger partial charge in [0.05, 0.1) is 24.4 Å². The molecule has 35 heavy (non-hydrogen) atoms. The molecule has 14 unspecified atom stereocenters. The van der Waals surface area contributed by atoms with E-state index in [2.05, 4.69) is 0 Å². The molecule has 202 valence electrons. The third-order valence-corrected chi connectivity index (χ3v) is 11.9. The minimum absolute atomic E-state index is 0.0211. The molecule has 8 heteroatoms. The van der Waals surface area contributed by atoms with E-state index in [0.29, 0.717) is 31.1 Å². The van der Waals surface area contributed by atoms with Crippen LogP contribution in [0.15, 0.2) is 0 Å². The Bertz CT molecular complexity index is 749. The maximum atomic E-state index is 11.8. The number of hydrogen-bond acceptors (Lipinski definition) is 7. The van der Waals surface area contributed by atoms with Crippen molar-refractivity contribution in [3.8, 4) is 0 Å². The predicted octanol–water partition coefficient (Wildman–Crippen LogP) is 1.58. The molecule has 0 aromatic carbocycles. The third kappa shape index (κ3) is 4.21. The zero-order valence-electron chi connectivity index (χ0n) is 20.9. The van der Waals surface area contributed by atoms with E-state index < -0.39 is 48.1 Å². The molecule has 8 N–H and O–H groups in total. The summed E-state index contributed by atoms with van der Waals surface area (Å²) in [5.41, 5.74) is 3.99. The van der Waals surface area contributed by atoms with Crippen molar-refractivity contribution in [2.75, 3.05) is 0 Å². The van der Waals surface area contributed by atoms with Crippen molar-refractivity contribution >= 4 is 11.6 Å². The molecule has 5 saturated carbocycles. The van der Waals surface area contributed by atoms with Crippen molar-refractivity contribution in [2.24, 2.45) is 59.0 Å². The molecule has 14 atom stereocenters. The summed E-state index contributed by atoms with van der Waals surface area (Å²) in [4.78, 5) is 0. The van der Waals surface area contributed by atoms with Crippen LogP contribution >= 0.6 is 11.6 Å². The quantitative estimate of drug-likeness (QED) is 0.223. The predicted molar refractivity (Wildman–Crippen MR) is 132 cm³/mol. The Labute approximate surface area is 214 Å². The molecule has 0 aromatic rings. The van der Waals surface area contributed by atoms with E-state index in [9.17, 15) is 30.6 Å². The number of aliphatic hydroxyl groups is 6. The summed E-state index contributed by atoms with van der Waals surface area (Å²) in [6.07, 6.45) is 3.02. The minimum Gasteiger partial charge on any atom is -0.393 e. The first kappa shape index (κ1) is 26.6. The molecule has 0 spiro atoms. The van der Waals surface area contributed by atoms with Crippen molar-refractivity contribution in [1.29, 1.82) is 0 Å².